The standard InChI is InChI=1S/C14H18N8O2S/c1-4-8(2)5-21-7-16-9-10(21)18-14(15)19-12(9)25-13-11(22(23)24)17-6-20(13)3/h6-8H,4-5H2,1-3H3,(H2,15,18,19)/t8-/m0/s1. The quantitative estimate of drug-likeness (QED) is 0.401. The molecule has 0 unspecified atom stereocenters. The van der Waals surface area contributed by atoms with Gasteiger partial charge in [-0.3, -0.25) is 0 Å². The Balaban J connectivity index is 2.06. The fourth-order valence-corrected chi connectivity index (χ4v) is 3.32. The number of nitro groups is 1. The van der Waals surface area contributed by atoms with Gasteiger partial charge in [-0.2, -0.15) is 4.98 Å². The van der Waals surface area contributed by atoms with Crippen LogP contribution >= 0.6 is 11.8 Å². The zero-order chi connectivity index (χ0) is 18.1. The van der Waals surface area contributed by atoms with Crippen molar-refractivity contribution in [3.05, 3.63) is 22.8 Å². The minimum Gasteiger partial charge on any atom is -0.368 e. The van der Waals surface area contributed by atoms with E-state index < -0.39 is 4.92 Å². The predicted molar refractivity (Wildman–Crippen MR) is 93.2 cm³/mol. The van der Waals surface area contributed by atoms with Gasteiger partial charge in [0.15, 0.2) is 10.7 Å². The highest BCUT2D eigenvalue weighted by Gasteiger charge is 2.24. The molecule has 0 fully saturated rings. The van der Waals surface area contributed by atoms with Crippen LogP contribution in [0.15, 0.2) is 22.7 Å². The van der Waals surface area contributed by atoms with E-state index >= 15 is 0 Å². The number of nitrogens with zero attached hydrogens (tertiary/aromatic N) is 7. The zero-order valence-electron chi connectivity index (χ0n) is 14.1. The molecule has 0 aromatic carbocycles. The second kappa shape index (κ2) is 6.67. The lowest BCUT2D eigenvalue weighted by atomic mass is 10.1. The van der Waals surface area contributed by atoms with Crippen LogP contribution in [-0.4, -0.2) is 34.0 Å². The molecule has 0 bridgehead atoms. The number of hydrogen-bond acceptors (Lipinski definition) is 8. The SMILES string of the molecule is CC[C@H](C)Cn1cnc2c(Sc3c([N+](=O)[O-])ncn3C)nc(N)nc21. The summed E-state index contributed by atoms with van der Waals surface area (Å²) in [6.07, 6.45) is 4.12. The molecule has 0 amide bonds. The van der Waals surface area contributed by atoms with Gasteiger partial charge in [-0.1, -0.05) is 20.3 Å². The number of imidazole rings is 2. The summed E-state index contributed by atoms with van der Waals surface area (Å²) >= 11 is 1.11. The Labute approximate surface area is 147 Å². The third-order valence-electron chi connectivity index (χ3n) is 3.89. The number of aromatic nitrogens is 6. The van der Waals surface area contributed by atoms with Gasteiger partial charge in [0.2, 0.25) is 12.3 Å². The Hall–Kier alpha value is -2.69. The first kappa shape index (κ1) is 17.1. The Bertz CT molecular complexity index is 934. The summed E-state index contributed by atoms with van der Waals surface area (Å²) in [4.78, 5) is 27.3. The first-order valence-electron chi connectivity index (χ1n) is 7.72. The Kier molecular flexibility index (Phi) is 4.57. The minimum atomic E-state index is -0.522. The minimum absolute atomic E-state index is 0.103. The fourth-order valence-electron chi connectivity index (χ4n) is 2.35. The lowest BCUT2D eigenvalue weighted by molar-refractivity contribution is -0.392. The molecule has 3 aromatic heterocycles. The van der Waals surface area contributed by atoms with Gasteiger partial charge in [0.25, 0.3) is 0 Å². The number of rotatable bonds is 6. The van der Waals surface area contributed by atoms with Gasteiger partial charge in [-0.15, -0.1) is 0 Å². The van der Waals surface area contributed by atoms with Crippen molar-refractivity contribution in [3.8, 4) is 0 Å². The molecule has 25 heavy (non-hydrogen) atoms. The summed E-state index contributed by atoms with van der Waals surface area (Å²) in [6, 6.07) is 0. The summed E-state index contributed by atoms with van der Waals surface area (Å²) < 4.78 is 3.51. The highest BCUT2D eigenvalue weighted by atomic mass is 32.2. The van der Waals surface area contributed by atoms with E-state index in [0.717, 1.165) is 24.7 Å². The Morgan fingerprint density at radius 3 is 2.80 bits per heavy atom. The van der Waals surface area contributed by atoms with Crippen molar-refractivity contribution in [2.24, 2.45) is 13.0 Å². The van der Waals surface area contributed by atoms with E-state index in [1.54, 1.807) is 17.9 Å². The highest BCUT2D eigenvalue weighted by molar-refractivity contribution is 7.99. The van der Waals surface area contributed by atoms with Gasteiger partial charge >= 0.3 is 5.82 Å². The number of nitrogen functional groups attached to an aromatic ring is 1. The normalized spacial score (nSPS) is 12.6. The van der Waals surface area contributed by atoms with Crippen LogP contribution in [0.25, 0.3) is 11.2 Å². The Morgan fingerprint density at radius 2 is 2.12 bits per heavy atom. The van der Waals surface area contributed by atoms with Gasteiger partial charge in [-0.05, 0) is 27.6 Å². The largest absolute Gasteiger partial charge is 0.396 e. The molecule has 0 saturated carbocycles. The van der Waals surface area contributed by atoms with Crippen molar-refractivity contribution in [2.45, 2.75) is 36.9 Å². The molecule has 0 spiro atoms. The third-order valence-corrected chi connectivity index (χ3v) is 5.03. The molecule has 0 radical (unpaired) electrons. The van der Waals surface area contributed by atoms with Crippen molar-refractivity contribution in [3.63, 3.8) is 0 Å². The summed E-state index contributed by atoms with van der Waals surface area (Å²) in [6.45, 7) is 5.03. The molecule has 3 heterocycles. The van der Waals surface area contributed by atoms with E-state index in [2.05, 4.69) is 33.8 Å². The van der Waals surface area contributed by atoms with Crippen LogP contribution in [0.5, 0.6) is 0 Å². The average molecular weight is 362 g/mol. The molecule has 3 rings (SSSR count). The lowest BCUT2D eigenvalue weighted by Crippen LogP contribution is -2.07. The molecule has 132 valence electrons. The monoisotopic (exact) mass is 362 g/mol. The molecule has 0 aliphatic carbocycles. The van der Waals surface area contributed by atoms with Gasteiger partial charge in [0.05, 0.1) is 6.33 Å². The molecule has 11 heteroatoms. The Morgan fingerprint density at radius 1 is 1.36 bits per heavy atom. The predicted octanol–water partition coefficient (Wildman–Crippen LogP) is 2.25. The van der Waals surface area contributed by atoms with E-state index in [9.17, 15) is 10.1 Å². The van der Waals surface area contributed by atoms with Crippen LogP contribution < -0.4 is 5.73 Å². The van der Waals surface area contributed by atoms with Crippen LogP contribution in [-0.2, 0) is 13.6 Å². The first-order valence-corrected chi connectivity index (χ1v) is 8.54. The summed E-state index contributed by atoms with van der Waals surface area (Å²) in [5, 5.41) is 12.0. The van der Waals surface area contributed by atoms with Crippen LogP contribution in [0.1, 0.15) is 20.3 Å². The van der Waals surface area contributed by atoms with E-state index in [1.165, 1.54) is 6.33 Å². The maximum Gasteiger partial charge on any atom is 0.396 e. The van der Waals surface area contributed by atoms with E-state index in [1.807, 2.05) is 4.57 Å². The number of anilines is 1. The topological polar surface area (TPSA) is 131 Å². The number of aryl methyl sites for hydroxylation is 1. The van der Waals surface area contributed by atoms with Crippen LogP contribution in [0.2, 0.25) is 0 Å². The second-order valence-electron chi connectivity index (χ2n) is 5.81. The summed E-state index contributed by atoms with van der Waals surface area (Å²) in [5.41, 5.74) is 7.04. The number of fused-ring (bicyclic) bond motifs is 1. The molecule has 0 aliphatic rings. The number of nitrogens with two attached hydrogens (primary N) is 1. The van der Waals surface area contributed by atoms with Crippen molar-refractivity contribution in [1.29, 1.82) is 0 Å². The van der Waals surface area contributed by atoms with Crippen LogP contribution in [0, 0.1) is 16.0 Å². The van der Waals surface area contributed by atoms with Gasteiger partial charge in [0.1, 0.15) is 10.5 Å². The number of hydrogen-bond donors (Lipinski definition) is 1. The molecule has 2 N–H and O–H groups in total. The second-order valence-corrected chi connectivity index (χ2v) is 6.79. The van der Waals surface area contributed by atoms with Crippen molar-refractivity contribution in [2.75, 3.05) is 5.73 Å². The van der Waals surface area contributed by atoms with Gasteiger partial charge in [-0.25, -0.2) is 9.97 Å². The molecule has 1 atom stereocenters. The first-order chi connectivity index (χ1) is 11.9. The molecular formula is C14H18N8O2S. The van der Waals surface area contributed by atoms with Gasteiger partial charge < -0.3 is 25.0 Å². The van der Waals surface area contributed by atoms with E-state index in [4.69, 9.17) is 5.73 Å². The fraction of sp³-hybridized carbons (Fsp3) is 0.429. The lowest BCUT2D eigenvalue weighted by Gasteiger charge is -2.10. The summed E-state index contributed by atoms with van der Waals surface area (Å²) in [7, 11) is 1.69. The van der Waals surface area contributed by atoms with Crippen molar-refractivity contribution >= 4 is 34.7 Å². The highest BCUT2D eigenvalue weighted by Crippen LogP contribution is 2.35. The van der Waals surface area contributed by atoms with Crippen LogP contribution in [0.4, 0.5) is 11.8 Å². The van der Waals surface area contributed by atoms with E-state index in [0.29, 0.717) is 27.1 Å². The molecule has 10 nitrogen and oxygen atoms in total. The van der Waals surface area contributed by atoms with Crippen molar-refractivity contribution < 1.29 is 4.92 Å². The van der Waals surface area contributed by atoms with Crippen molar-refractivity contribution in [1.82, 2.24) is 29.1 Å². The molecule has 3 aromatic rings. The van der Waals surface area contributed by atoms with Gasteiger partial charge in [0, 0.05) is 13.6 Å². The smallest absolute Gasteiger partial charge is 0.368 e. The molecular weight excluding hydrogens is 344 g/mol. The maximum atomic E-state index is 11.2. The molecule has 0 aliphatic heterocycles. The van der Waals surface area contributed by atoms with Crippen LogP contribution in [0.3, 0.4) is 0 Å². The molecule has 0 saturated heterocycles. The average Bonchev–Trinajstić information content (AvgIpc) is 3.12. The third kappa shape index (κ3) is 3.27. The summed E-state index contributed by atoms with van der Waals surface area (Å²) in [5.74, 6) is 0.338. The zero-order valence-corrected chi connectivity index (χ0v) is 14.9. The van der Waals surface area contributed by atoms with E-state index in [-0.39, 0.29) is 11.8 Å². The maximum absolute atomic E-state index is 11.2.